The van der Waals surface area contributed by atoms with E-state index in [0.29, 0.717) is 19.6 Å². The molecule has 15 heavy (non-hydrogen) atoms. The molecule has 5 heteroatoms. The molecule has 5 nitrogen and oxygen atoms in total. The van der Waals surface area contributed by atoms with Gasteiger partial charge in [-0.15, -0.1) is 6.58 Å². The van der Waals surface area contributed by atoms with Crippen molar-refractivity contribution in [2.45, 2.75) is 19.9 Å². The number of hydrogen-bond donors (Lipinski definition) is 3. The van der Waals surface area contributed by atoms with Crippen molar-refractivity contribution < 1.29 is 9.59 Å². The molecule has 3 N–H and O–H groups in total. The molecule has 0 saturated carbocycles. The van der Waals surface area contributed by atoms with Crippen molar-refractivity contribution in [3.05, 3.63) is 12.7 Å². The molecule has 0 aliphatic rings. The van der Waals surface area contributed by atoms with E-state index in [2.05, 4.69) is 22.5 Å². The van der Waals surface area contributed by atoms with Gasteiger partial charge in [0.1, 0.15) is 0 Å². The van der Waals surface area contributed by atoms with Crippen LogP contribution in [0.4, 0.5) is 0 Å². The molecule has 0 aromatic rings. The summed E-state index contributed by atoms with van der Waals surface area (Å²) in [6, 6.07) is -0.265. The molecule has 0 saturated heterocycles. The number of hydrogen-bond acceptors (Lipinski definition) is 3. The maximum Gasteiger partial charge on any atom is 0.237 e. The lowest BCUT2D eigenvalue weighted by molar-refractivity contribution is -0.122. The van der Waals surface area contributed by atoms with E-state index in [-0.39, 0.29) is 17.9 Å². The van der Waals surface area contributed by atoms with Crippen molar-refractivity contribution in [1.82, 2.24) is 16.0 Å². The predicted molar refractivity (Wildman–Crippen MR) is 59.4 cm³/mol. The summed E-state index contributed by atoms with van der Waals surface area (Å²) in [6.45, 7) is 8.30. The fourth-order valence-electron chi connectivity index (χ4n) is 0.946. The van der Waals surface area contributed by atoms with Crippen LogP contribution in [0.3, 0.4) is 0 Å². The van der Waals surface area contributed by atoms with E-state index in [1.807, 2.05) is 0 Å². The van der Waals surface area contributed by atoms with Gasteiger partial charge in [-0.05, 0) is 6.92 Å². The first-order chi connectivity index (χ1) is 7.07. The van der Waals surface area contributed by atoms with Gasteiger partial charge in [0.2, 0.25) is 11.8 Å². The van der Waals surface area contributed by atoms with Crippen LogP contribution in [0, 0.1) is 0 Å². The Morgan fingerprint density at radius 2 is 2.00 bits per heavy atom. The minimum absolute atomic E-state index is 0.0689. The van der Waals surface area contributed by atoms with E-state index in [9.17, 15) is 9.59 Å². The summed E-state index contributed by atoms with van der Waals surface area (Å²) in [5.41, 5.74) is 0. The second-order valence-electron chi connectivity index (χ2n) is 3.19. The van der Waals surface area contributed by atoms with Crippen molar-refractivity contribution in [2.24, 2.45) is 0 Å². The summed E-state index contributed by atoms with van der Waals surface area (Å²) in [6.07, 6.45) is 1.63. The smallest absolute Gasteiger partial charge is 0.237 e. The largest absolute Gasteiger partial charge is 0.355 e. The third-order valence-corrected chi connectivity index (χ3v) is 1.76. The highest BCUT2D eigenvalue weighted by molar-refractivity contribution is 5.81. The van der Waals surface area contributed by atoms with Crippen LogP contribution < -0.4 is 16.0 Å². The Morgan fingerprint density at radius 1 is 1.33 bits per heavy atom. The molecule has 0 spiro atoms. The Labute approximate surface area is 90.3 Å². The molecular formula is C10H19N3O2. The van der Waals surface area contributed by atoms with Gasteiger partial charge in [-0.3, -0.25) is 9.59 Å². The van der Waals surface area contributed by atoms with Crippen molar-refractivity contribution >= 4 is 11.8 Å². The quantitative estimate of drug-likeness (QED) is 0.391. The van der Waals surface area contributed by atoms with Gasteiger partial charge in [0.25, 0.3) is 0 Å². The monoisotopic (exact) mass is 213 g/mol. The van der Waals surface area contributed by atoms with Crippen LogP contribution >= 0.6 is 0 Å². The highest BCUT2D eigenvalue weighted by atomic mass is 16.2. The summed E-state index contributed by atoms with van der Waals surface area (Å²) in [7, 11) is 0. The normalized spacial score (nSPS) is 11.6. The van der Waals surface area contributed by atoms with E-state index >= 15 is 0 Å². The van der Waals surface area contributed by atoms with E-state index < -0.39 is 0 Å². The van der Waals surface area contributed by atoms with Gasteiger partial charge in [-0.2, -0.15) is 0 Å². The van der Waals surface area contributed by atoms with Gasteiger partial charge in [0, 0.05) is 26.6 Å². The zero-order valence-corrected chi connectivity index (χ0v) is 9.30. The lowest BCUT2D eigenvalue weighted by Gasteiger charge is -2.13. The number of rotatable bonds is 7. The molecule has 0 aliphatic carbocycles. The average Bonchev–Trinajstić information content (AvgIpc) is 2.20. The summed E-state index contributed by atoms with van der Waals surface area (Å²) in [5.74, 6) is -0.140. The molecule has 1 unspecified atom stereocenters. The van der Waals surface area contributed by atoms with Crippen LogP contribution in [-0.2, 0) is 9.59 Å². The Bertz CT molecular complexity index is 229. The summed E-state index contributed by atoms with van der Waals surface area (Å²) < 4.78 is 0. The minimum Gasteiger partial charge on any atom is -0.355 e. The molecule has 1 atom stereocenters. The molecule has 0 radical (unpaired) electrons. The molecule has 0 aromatic carbocycles. The van der Waals surface area contributed by atoms with E-state index in [4.69, 9.17) is 0 Å². The number of amides is 2. The lowest BCUT2D eigenvalue weighted by Crippen LogP contribution is -2.44. The van der Waals surface area contributed by atoms with Gasteiger partial charge in [0.05, 0.1) is 6.04 Å². The van der Waals surface area contributed by atoms with Crippen LogP contribution in [0.1, 0.15) is 13.8 Å². The number of nitrogens with one attached hydrogen (secondary N) is 3. The zero-order valence-electron chi connectivity index (χ0n) is 9.30. The highest BCUT2D eigenvalue weighted by Crippen LogP contribution is 1.80. The first-order valence-electron chi connectivity index (χ1n) is 4.94. The summed E-state index contributed by atoms with van der Waals surface area (Å²) >= 11 is 0. The Morgan fingerprint density at radius 3 is 2.53 bits per heavy atom. The highest BCUT2D eigenvalue weighted by Gasteiger charge is 2.09. The topological polar surface area (TPSA) is 70.2 Å². The van der Waals surface area contributed by atoms with E-state index in [1.54, 1.807) is 13.0 Å². The van der Waals surface area contributed by atoms with Crippen LogP contribution in [0.5, 0.6) is 0 Å². The fraction of sp³-hybridized carbons (Fsp3) is 0.600. The third kappa shape index (κ3) is 7.69. The van der Waals surface area contributed by atoms with Crippen molar-refractivity contribution in [2.75, 3.05) is 19.6 Å². The Kier molecular flexibility index (Phi) is 7.27. The SMILES string of the molecule is C=CCNC(=O)C(C)NCCNC(C)=O. The van der Waals surface area contributed by atoms with Gasteiger partial charge in [0.15, 0.2) is 0 Å². The average molecular weight is 213 g/mol. The second-order valence-corrected chi connectivity index (χ2v) is 3.19. The second kappa shape index (κ2) is 7.99. The maximum atomic E-state index is 11.3. The molecule has 0 rings (SSSR count). The summed E-state index contributed by atoms with van der Waals surface area (Å²) in [4.78, 5) is 21.9. The Balaban J connectivity index is 3.54. The molecule has 0 aliphatic heterocycles. The number of carbonyl (C=O) groups excluding carboxylic acids is 2. The third-order valence-electron chi connectivity index (χ3n) is 1.76. The molecule has 0 bridgehead atoms. The van der Waals surface area contributed by atoms with Gasteiger partial charge in [-0.1, -0.05) is 6.08 Å². The first kappa shape index (κ1) is 13.6. The van der Waals surface area contributed by atoms with Crippen molar-refractivity contribution in [1.29, 1.82) is 0 Å². The Hall–Kier alpha value is -1.36. The predicted octanol–water partition coefficient (Wildman–Crippen LogP) is -0.597. The summed E-state index contributed by atoms with van der Waals surface area (Å²) in [5, 5.41) is 8.29. The molecule has 86 valence electrons. The van der Waals surface area contributed by atoms with Gasteiger partial charge < -0.3 is 16.0 Å². The van der Waals surface area contributed by atoms with Crippen LogP contribution in [-0.4, -0.2) is 37.5 Å². The molecular weight excluding hydrogens is 194 g/mol. The molecule has 0 aromatic heterocycles. The fourth-order valence-corrected chi connectivity index (χ4v) is 0.946. The van der Waals surface area contributed by atoms with Crippen molar-refractivity contribution in [3.8, 4) is 0 Å². The molecule has 2 amide bonds. The molecule has 0 heterocycles. The first-order valence-corrected chi connectivity index (χ1v) is 4.94. The number of carbonyl (C=O) groups is 2. The van der Waals surface area contributed by atoms with Crippen LogP contribution in [0.25, 0.3) is 0 Å². The van der Waals surface area contributed by atoms with Gasteiger partial charge >= 0.3 is 0 Å². The minimum atomic E-state index is -0.265. The van der Waals surface area contributed by atoms with E-state index in [0.717, 1.165) is 0 Å². The van der Waals surface area contributed by atoms with Crippen LogP contribution in [0.2, 0.25) is 0 Å². The van der Waals surface area contributed by atoms with E-state index in [1.165, 1.54) is 6.92 Å². The van der Waals surface area contributed by atoms with Crippen LogP contribution in [0.15, 0.2) is 12.7 Å². The molecule has 0 fully saturated rings. The lowest BCUT2D eigenvalue weighted by atomic mass is 10.3. The standard InChI is InChI=1S/C10H19N3O2/c1-4-5-13-10(15)8(2)11-6-7-12-9(3)14/h4,8,11H,1,5-7H2,2-3H3,(H,12,14)(H,13,15). The zero-order chi connectivity index (χ0) is 11.7. The van der Waals surface area contributed by atoms with Crippen molar-refractivity contribution in [3.63, 3.8) is 0 Å². The maximum absolute atomic E-state index is 11.3. The van der Waals surface area contributed by atoms with Gasteiger partial charge in [-0.25, -0.2) is 0 Å².